The normalized spacial score (nSPS) is 20.0. The number of hydrogen-bond donors (Lipinski definition) is 0. The highest BCUT2D eigenvalue weighted by Crippen LogP contribution is 2.35. The smallest absolute Gasteiger partial charge is 0.257 e. The van der Waals surface area contributed by atoms with E-state index >= 15 is 0 Å². The molecule has 1 amide bonds. The van der Waals surface area contributed by atoms with Crippen molar-refractivity contribution in [1.82, 2.24) is 9.80 Å². The van der Waals surface area contributed by atoms with Crippen molar-refractivity contribution in [3.8, 4) is 11.5 Å². The van der Waals surface area contributed by atoms with E-state index in [9.17, 15) is 4.79 Å². The van der Waals surface area contributed by atoms with E-state index < -0.39 is 0 Å². The first-order valence-electron chi connectivity index (χ1n) is 9.74. The molecule has 1 aromatic rings. The van der Waals surface area contributed by atoms with Crippen LogP contribution in [0.1, 0.15) is 36.0 Å². The van der Waals surface area contributed by atoms with Crippen LogP contribution < -0.4 is 9.47 Å². The Bertz CT molecular complexity index is 666. The van der Waals surface area contributed by atoms with E-state index in [0.717, 1.165) is 39.0 Å². The minimum absolute atomic E-state index is 0.0306. The van der Waals surface area contributed by atoms with E-state index in [-0.39, 0.29) is 25.5 Å². The van der Waals surface area contributed by atoms with Gasteiger partial charge in [-0.1, -0.05) is 11.6 Å². The minimum Gasteiger partial charge on any atom is -0.467 e. The van der Waals surface area contributed by atoms with E-state index in [4.69, 9.17) is 30.5 Å². The van der Waals surface area contributed by atoms with Gasteiger partial charge in [-0.15, -0.1) is 0 Å². The maximum absolute atomic E-state index is 13.4. The molecule has 0 radical (unpaired) electrons. The SMILES string of the molecule is COCOc1cc(OCOC)c(C(=O)N2CCCC2CN2CCCC2)cc1Cl. The van der Waals surface area contributed by atoms with Gasteiger partial charge < -0.3 is 28.7 Å². The minimum atomic E-state index is -0.0620. The molecule has 1 aromatic carbocycles. The Morgan fingerprint density at radius 1 is 1.04 bits per heavy atom. The van der Waals surface area contributed by atoms with Crippen molar-refractivity contribution in [1.29, 1.82) is 0 Å². The fraction of sp³-hybridized carbons (Fsp3) is 0.650. The molecule has 7 nitrogen and oxygen atoms in total. The lowest BCUT2D eigenvalue weighted by Crippen LogP contribution is -2.42. The van der Waals surface area contributed by atoms with Crippen molar-refractivity contribution >= 4 is 17.5 Å². The van der Waals surface area contributed by atoms with Gasteiger partial charge in [0.1, 0.15) is 11.5 Å². The predicted octanol–water partition coefficient (Wildman–Crippen LogP) is 3.01. The molecule has 3 rings (SSSR count). The van der Waals surface area contributed by atoms with Crippen LogP contribution in [0.5, 0.6) is 11.5 Å². The van der Waals surface area contributed by atoms with Gasteiger partial charge in [-0.3, -0.25) is 4.79 Å². The number of halogens is 1. The van der Waals surface area contributed by atoms with Crippen molar-refractivity contribution in [2.45, 2.75) is 31.7 Å². The number of carbonyl (C=O) groups excluding carboxylic acids is 1. The third-order valence-electron chi connectivity index (χ3n) is 5.23. The first-order chi connectivity index (χ1) is 13.6. The molecule has 2 heterocycles. The molecular formula is C20H29ClN2O5. The molecule has 1 atom stereocenters. The van der Waals surface area contributed by atoms with Crippen LogP contribution in [0.25, 0.3) is 0 Å². The van der Waals surface area contributed by atoms with Crippen LogP contribution in [0.3, 0.4) is 0 Å². The summed E-state index contributed by atoms with van der Waals surface area (Å²) in [6, 6.07) is 3.47. The van der Waals surface area contributed by atoms with E-state index in [0.29, 0.717) is 22.1 Å². The zero-order valence-corrected chi connectivity index (χ0v) is 17.4. The second-order valence-corrected chi connectivity index (χ2v) is 7.59. The summed E-state index contributed by atoms with van der Waals surface area (Å²) in [5, 5.41) is 0.348. The number of rotatable bonds is 9. The zero-order valence-electron chi connectivity index (χ0n) is 16.6. The van der Waals surface area contributed by atoms with Crippen molar-refractivity contribution < 1.29 is 23.7 Å². The standard InChI is InChI=1S/C20H29ClN2O5/c1-25-13-27-18-11-19(28-14-26-2)17(21)10-16(18)20(24)23-9-5-6-15(23)12-22-7-3-4-8-22/h10-11,15H,3-9,12-14H2,1-2H3. The maximum atomic E-state index is 13.4. The van der Waals surface area contributed by atoms with Crippen LogP contribution >= 0.6 is 11.6 Å². The van der Waals surface area contributed by atoms with E-state index in [1.807, 2.05) is 4.90 Å². The number of ether oxygens (including phenoxy) is 4. The quantitative estimate of drug-likeness (QED) is 0.581. The number of nitrogens with zero attached hydrogens (tertiary/aromatic N) is 2. The van der Waals surface area contributed by atoms with Crippen LogP contribution in [0.2, 0.25) is 5.02 Å². The summed E-state index contributed by atoms with van der Waals surface area (Å²) in [6.45, 7) is 4.02. The molecule has 2 saturated heterocycles. The maximum Gasteiger partial charge on any atom is 0.257 e. The van der Waals surface area contributed by atoms with Crippen molar-refractivity contribution in [2.24, 2.45) is 0 Å². The highest BCUT2D eigenvalue weighted by Gasteiger charge is 2.33. The number of hydrogen-bond acceptors (Lipinski definition) is 6. The van der Waals surface area contributed by atoms with Gasteiger partial charge in [0, 0.05) is 39.4 Å². The molecule has 8 heteroatoms. The van der Waals surface area contributed by atoms with Crippen LogP contribution in [0, 0.1) is 0 Å². The molecule has 0 aromatic heterocycles. The molecule has 0 bridgehead atoms. The average molecular weight is 413 g/mol. The Kier molecular flexibility index (Phi) is 7.79. The van der Waals surface area contributed by atoms with E-state index in [2.05, 4.69) is 4.90 Å². The number of carbonyl (C=O) groups is 1. The highest BCUT2D eigenvalue weighted by molar-refractivity contribution is 6.32. The average Bonchev–Trinajstić information content (AvgIpc) is 3.37. The highest BCUT2D eigenvalue weighted by atomic mass is 35.5. The van der Waals surface area contributed by atoms with Gasteiger partial charge in [0.15, 0.2) is 13.6 Å². The molecule has 2 aliphatic rings. The monoisotopic (exact) mass is 412 g/mol. The third kappa shape index (κ3) is 5.08. The Morgan fingerprint density at radius 2 is 1.71 bits per heavy atom. The summed E-state index contributed by atoms with van der Waals surface area (Å²) in [4.78, 5) is 17.8. The topological polar surface area (TPSA) is 60.5 Å². The van der Waals surface area contributed by atoms with E-state index in [1.54, 1.807) is 12.1 Å². The lowest BCUT2D eigenvalue weighted by atomic mass is 10.1. The van der Waals surface area contributed by atoms with Crippen LogP contribution in [-0.2, 0) is 9.47 Å². The number of amides is 1. The largest absolute Gasteiger partial charge is 0.467 e. The first kappa shape index (κ1) is 21.2. The van der Waals surface area contributed by atoms with Gasteiger partial charge in [-0.25, -0.2) is 0 Å². The molecule has 0 saturated carbocycles. The number of benzene rings is 1. The lowest BCUT2D eigenvalue weighted by Gasteiger charge is -2.29. The van der Waals surface area contributed by atoms with Crippen molar-refractivity contribution in [2.75, 3.05) is 54.0 Å². The Labute approximate surface area is 171 Å². The van der Waals surface area contributed by atoms with Gasteiger partial charge in [-0.05, 0) is 44.8 Å². The summed E-state index contributed by atoms with van der Waals surface area (Å²) in [7, 11) is 3.06. The second kappa shape index (κ2) is 10.3. The number of likely N-dealkylation sites (tertiary alicyclic amines) is 2. The van der Waals surface area contributed by atoms with Crippen LogP contribution in [0.4, 0.5) is 0 Å². The summed E-state index contributed by atoms with van der Waals surface area (Å²) >= 11 is 6.35. The van der Waals surface area contributed by atoms with Gasteiger partial charge >= 0.3 is 0 Å². The molecule has 28 heavy (non-hydrogen) atoms. The number of methoxy groups -OCH3 is 2. The molecule has 2 aliphatic heterocycles. The summed E-state index contributed by atoms with van der Waals surface area (Å²) in [5.41, 5.74) is 0.431. The van der Waals surface area contributed by atoms with Gasteiger partial charge in [0.05, 0.1) is 10.6 Å². The fourth-order valence-electron chi connectivity index (χ4n) is 3.89. The Morgan fingerprint density at radius 3 is 2.39 bits per heavy atom. The second-order valence-electron chi connectivity index (χ2n) is 7.18. The third-order valence-corrected chi connectivity index (χ3v) is 5.53. The predicted molar refractivity (Wildman–Crippen MR) is 106 cm³/mol. The van der Waals surface area contributed by atoms with Crippen molar-refractivity contribution in [3.63, 3.8) is 0 Å². The summed E-state index contributed by atoms with van der Waals surface area (Å²) in [5.74, 6) is 0.739. The molecule has 0 spiro atoms. The molecule has 2 fully saturated rings. The molecule has 0 N–H and O–H groups in total. The van der Waals surface area contributed by atoms with Gasteiger partial charge in [0.25, 0.3) is 5.91 Å². The molecule has 0 aliphatic carbocycles. The fourth-order valence-corrected chi connectivity index (χ4v) is 4.11. The van der Waals surface area contributed by atoms with Gasteiger partial charge in [-0.2, -0.15) is 0 Å². The van der Waals surface area contributed by atoms with Crippen LogP contribution in [0.15, 0.2) is 12.1 Å². The molecular weight excluding hydrogens is 384 g/mol. The first-order valence-corrected chi connectivity index (χ1v) is 10.1. The summed E-state index contributed by atoms with van der Waals surface area (Å²) in [6.07, 6.45) is 4.53. The Hall–Kier alpha value is -1.54. The van der Waals surface area contributed by atoms with Crippen LogP contribution in [-0.4, -0.2) is 75.7 Å². The summed E-state index contributed by atoms with van der Waals surface area (Å²) < 4.78 is 21.1. The van der Waals surface area contributed by atoms with Crippen molar-refractivity contribution in [3.05, 3.63) is 22.7 Å². The molecule has 1 unspecified atom stereocenters. The Balaban J connectivity index is 1.80. The zero-order chi connectivity index (χ0) is 19.9. The van der Waals surface area contributed by atoms with Gasteiger partial charge in [0.2, 0.25) is 0 Å². The lowest BCUT2D eigenvalue weighted by molar-refractivity contribution is 0.0447. The van der Waals surface area contributed by atoms with E-state index in [1.165, 1.54) is 27.1 Å². The molecule has 156 valence electrons.